The maximum Gasteiger partial charge on any atom is 0.422 e. The first kappa shape index (κ1) is 25.2. The van der Waals surface area contributed by atoms with Gasteiger partial charge in [-0.25, -0.2) is 13.4 Å². The minimum absolute atomic E-state index is 0.0133. The van der Waals surface area contributed by atoms with Crippen molar-refractivity contribution in [1.29, 1.82) is 10.5 Å². The molecule has 0 bridgehead atoms. The van der Waals surface area contributed by atoms with Gasteiger partial charge in [-0.15, -0.1) is 0 Å². The number of halogens is 3. The maximum absolute atomic E-state index is 13.0. The van der Waals surface area contributed by atoms with Gasteiger partial charge in [0.05, 0.1) is 24.8 Å². The van der Waals surface area contributed by atoms with E-state index in [1.165, 1.54) is 12.1 Å². The van der Waals surface area contributed by atoms with E-state index in [0.717, 1.165) is 28.7 Å². The Hall–Kier alpha value is -3.43. The van der Waals surface area contributed by atoms with E-state index < -0.39 is 60.0 Å². The molecule has 2 atom stereocenters. The third kappa shape index (κ3) is 5.37. The third-order valence-electron chi connectivity index (χ3n) is 4.91. The summed E-state index contributed by atoms with van der Waals surface area (Å²) in [5, 5.41) is 38.4. The molecule has 3 rings (SSSR count). The van der Waals surface area contributed by atoms with Gasteiger partial charge in [0.15, 0.2) is 18.1 Å². The maximum atomic E-state index is 13.0. The van der Waals surface area contributed by atoms with Gasteiger partial charge in [-0.3, -0.25) is 0 Å². The van der Waals surface area contributed by atoms with Crippen molar-refractivity contribution >= 4 is 10.0 Å². The van der Waals surface area contributed by atoms with Gasteiger partial charge < -0.3 is 19.7 Å². The zero-order valence-corrected chi connectivity index (χ0v) is 18.0. The molecular formula is C20H17F3N4O6S. The van der Waals surface area contributed by atoms with E-state index in [9.17, 15) is 31.8 Å². The van der Waals surface area contributed by atoms with E-state index >= 15 is 0 Å². The van der Waals surface area contributed by atoms with Crippen LogP contribution >= 0.6 is 0 Å². The molecule has 0 aliphatic carbocycles. The molecule has 1 aliphatic rings. The lowest BCUT2D eigenvalue weighted by Crippen LogP contribution is -2.48. The molecule has 1 aromatic heterocycles. The number of β-amino-alcohol motifs (C(OH)–C–C–N with tert-alkyl or cyclic N) is 1. The largest absolute Gasteiger partial charge is 0.482 e. The van der Waals surface area contributed by atoms with Crippen LogP contribution in [-0.4, -0.2) is 72.1 Å². The zero-order valence-electron chi connectivity index (χ0n) is 17.2. The third-order valence-corrected chi connectivity index (χ3v) is 6.71. The summed E-state index contributed by atoms with van der Waals surface area (Å²) in [4.78, 5) is 3.42. The van der Waals surface area contributed by atoms with Crippen LogP contribution in [0.4, 0.5) is 13.2 Å². The summed E-state index contributed by atoms with van der Waals surface area (Å²) in [5.41, 5.74) is -2.14. The van der Waals surface area contributed by atoms with E-state index in [2.05, 4.69) is 4.98 Å². The van der Waals surface area contributed by atoms with Gasteiger partial charge in [-0.1, -0.05) is 0 Å². The minimum Gasteiger partial charge on any atom is -0.482 e. The highest BCUT2D eigenvalue weighted by atomic mass is 32.2. The first-order chi connectivity index (χ1) is 15.9. The first-order valence-electron chi connectivity index (χ1n) is 9.52. The lowest BCUT2D eigenvalue weighted by molar-refractivity contribution is -0.153. The Kier molecular flexibility index (Phi) is 6.99. The first-order valence-corrected chi connectivity index (χ1v) is 11.0. The number of nitriles is 2. The summed E-state index contributed by atoms with van der Waals surface area (Å²) in [6.07, 6.45) is -5.12. The summed E-state index contributed by atoms with van der Waals surface area (Å²) in [7, 11) is -4.23. The molecule has 34 heavy (non-hydrogen) atoms. The fourth-order valence-corrected chi connectivity index (χ4v) is 4.61. The lowest BCUT2D eigenvalue weighted by Gasteiger charge is -2.27. The highest BCUT2D eigenvalue weighted by Gasteiger charge is 2.51. The molecule has 0 amide bonds. The van der Waals surface area contributed by atoms with Crippen LogP contribution in [0.1, 0.15) is 11.3 Å². The number of alkyl halides is 3. The van der Waals surface area contributed by atoms with Crippen LogP contribution in [0, 0.1) is 22.7 Å². The summed E-state index contributed by atoms with van der Waals surface area (Å²) in [6, 6.07) is 9.22. The van der Waals surface area contributed by atoms with E-state index in [1.54, 1.807) is 12.1 Å². The molecule has 0 radical (unpaired) electrons. The molecule has 0 spiro atoms. The number of pyridine rings is 1. The summed E-state index contributed by atoms with van der Waals surface area (Å²) in [5.74, 6) is -0.742. The molecule has 2 heterocycles. The number of aliphatic hydroxyl groups excluding tert-OH is 1. The highest BCUT2D eigenvalue weighted by Crippen LogP contribution is 2.35. The molecule has 1 aliphatic heterocycles. The average molecular weight is 498 g/mol. The van der Waals surface area contributed by atoms with Crippen molar-refractivity contribution < 1.29 is 41.3 Å². The number of aliphatic hydroxyl groups is 2. The predicted molar refractivity (Wildman–Crippen MR) is 107 cm³/mol. The van der Waals surface area contributed by atoms with Crippen molar-refractivity contribution in [3.8, 4) is 23.6 Å². The van der Waals surface area contributed by atoms with Crippen LogP contribution in [-0.2, 0) is 10.0 Å². The number of aromatic nitrogens is 1. The Balaban J connectivity index is 1.89. The fraction of sp³-hybridized carbons (Fsp3) is 0.350. The van der Waals surface area contributed by atoms with Gasteiger partial charge in [-0.05, 0) is 24.3 Å². The zero-order chi connectivity index (χ0) is 25.1. The van der Waals surface area contributed by atoms with Gasteiger partial charge in [-0.2, -0.15) is 28.0 Å². The standard InChI is InChI=1S/C20H17F3N4O6S/c21-20(22,23)12-32-17-5-13(6-24)1-4-16(17)33-18-9-27(10-19(18,29)11-28)34(30,31)15-3-2-14(7-25)26-8-15/h1-5,8,18,28-29H,9-12H2/t18-,19+/m0/s1. The normalized spacial score (nSPS) is 21.0. The minimum atomic E-state index is -4.68. The number of hydrogen-bond acceptors (Lipinski definition) is 9. The lowest BCUT2D eigenvalue weighted by atomic mass is 10.0. The fourth-order valence-electron chi connectivity index (χ4n) is 3.16. The van der Waals surface area contributed by atoms with Crippen molar-refractivity contribution in [3.63, 3.8) is 0 Å². The van der Waals surface area contributed by atoms with E-state index in [-0.39, 0.29) is 21.9 Å². The number of benzene rings is 1. The number of sulfonamides is 1. The highest BCUT2D eigenvalue weighted by molar-refractivity contribution is 7.89. The average Bonchev–Trinajstić information content (AvgIpc) is 3.15. The molecule has 1 fully saturated rings. The van der Waals surface area contributed by atoms with Gasteiger partial charge in [0.2, 0.25) is 10.0 Å². The SMILES string of the molecule is N#Cc1ccc(O[C@H]2CN(S(=O)(=O)c3ccc(C#N)nc3)C[C@@]2(O)CO)c(OCC(F)(F)F)c1. The van der Waals surface area contributed by atoms with Crippen molar-refractivity contribution in [2.45, 2.75) is 22.8 Å². The van der Waals surface area contributed by atoms with Crippen molar-refractivity contribution in [3.05, 3.63) is 47.8 Å². The monoisotopic (exact) mass is 498 g/mol. The second-order valence-electron chi connectivity index (χ2n) is 7.33. The Labute approximate surface area is 192 Å². The summed E-state index contributed by atoms with van der Waals surface area (Å²) < 4.78 is 75.0. The van der Waals surface area contributed by atoms with Crippen LogP contribution in [0.5, 0.6) is 11.5 Å². The predicted octanol–water partition coefficient (Wildman–Crippen LogP) is 0.941. The van der Waals surface area contributed by atoms with Crippen LogP contribution in [0.15, 0.2) is 41.4 Å². The van der Waals surface area contributed by atoms with Crippen molar-refractivity contribution in [1.82, 2.24) is 9.29 Å². The molecule has 2 N–H and O–H groups in total. The Morgan fingerprint density at radius 1 is 1.21 bits per heavy atom. The van der Waals surface area contributed by atoms with Gasteiger partial charge in [0.1, 0.15) is 28.4 Å². The van der Waals surface area contributed by atoms with E-state index in [1.807, 2.05) is 0 Å². The van der Waals surface area contributed by atoms with Crippen LogP contribution in [0.2, 0.25) is 0 Å². The van der Waals surface area contributed by atoms with Gasteiger partial charge in [0.25, 0.3) is 0 Å². The Bertz CT molecular complexity index is 1240. The Morgan fingerprint density at radius 3 is 2.50 bits per heavy atom. The van der Waals surface area contributed by atoms with Crippen LogP contribution < -0.4 is 9.47 Å². The molecule has 1 aromatic carbocycles. The topological polar surface area (TPSA) is 157 Å². The van der Waals surface area contributed by atoms with E-state index in [4.69, 9.17) is 20.0 Å². The second-order valence-corrected chi connectivity index (χ2v) is 9.27. The molecule has 0 unspecified atom stereocenters. The molecule has 180 valence electrons. The molecule has 1 saturated heterocycles. The molecule has 0 saturated carbocycles. The second kappa shape index (κ2) is 9.44. The van der Waals surface area contributed by atoms with Crippen LogP contribution in [0.3, 0.4) is 0 Å². The molecule has 14 heteroatoms. The van der Waals surface area contributed by atoms with Crippen molar-refractivity contribution in [2.24, 2.45) is 0 Å². The number of ether oxygens (including phenoxy) is 2. The smallest absolute Gasteiger partial charge is 0.422 e. The Morgan fingerprint density at radius 2 is 1.94 bits per heavy atom. The number of hydrogen-bond donors (Lipinski definition) is 2. The number of rotatable bonds is 7. The van der Waals surface area contributed by atoms with Crippen molar-refractivity contribution in [2.75, 3.05) is 26.3 Å². The summed E-state index contributed by atoms with van der Waals surface area (Å²) >= 11 is 0. The molecule has 10 nitrogen and oxygen atoms in total. The summed E-state index contributed by atoms with van der Waals surface area (Å²) in [6.45, 7) is -3.67. The number of nitrogens with zero attached hydrogens (tertiary/aromatic N) is 4. The van der Waals surface area contributed by atoms with E-state index in [0.29, 0.717) is 0 Å². The van der Waals surface area contributed by atoms with Gasteiger partial charge >= 0.3 is 6.18 Å². The molecule has 2 aromatic rings. The molecular weight excluding hydrogens is 481 g/mol. The van der Waals surface area contributed by atoms with Gasteiger partial charge in [0, 0.05) is 18.8 Å². The van der Waals surface area contributed by atoms with Crippen LogP contribution in [0.25, 0.3) is 0 Å². The quantitative estimate of drug-likeness (QED) is 0.567.